The molecule has 1 aromatic carbocycles. The Morgan fingerprint density at radius 1 is 1.56 bits per heavy atom. The Hall–Kier alpha value is -1.55. The van der Waals surface area contributed by atoms with Gasteiger partial charge >= 0.3 is 0 Å². The Morgan fingerprint density at radius 3 is 3.19 bits per heavy atom. The molecule has 1 atom stereocenters. The Bertz CT molecular complexity index is 379. The van der Waals surface area contributed by atoms with Gasteiger partial charge in [-0.25, -0.2) is 0 Å². The summed E-state index contributed by atoms with van der Waals surface area (Å²) >= 11 is 0. The number of benzene rings is 1. The number of fused-ring (bicyclic) bond motifs is 1. The second-order valence-electron chi connectivity index (χ2n) is 3.82. The largest absolute Gasteiger partial charge is 0.489 e. The van der Waals surface area contributed by atoms with E-state index in [4.69, 9.17) is 9.84 Å². The Labute approximate surface area is 94.2 Å². The number of hydrogen-bond acceptors (Lipinski definition) is 4. The van der Waals surface area contributed by atoms with Crippen molar-refractivity contribution in [2.75, 3.05) is 18.5 Å². The van der Waals surface area contributed by atoms with Gasteiger partial charge in [-0.3, -0.25) is 0 Å². The minimum Gasteiger partial charge on any atom is -0.489 e. The van der Waals surface area contributed by atoms with Crippen molar-refractivity contribution < 1.29 is 14.6 Å². The van der Waals surface area contributed by atoms with E-state index in [0.717, 1.165) is 36.1 Å². The van der Waals surface area contributed by atoms with E-state index in [9.17, 15) is 4.79 Å². The van der Waals surface area contributed by atoms with Crippen LogP contribution in [0.4, 0.5) is 5.69 Å². The van der Waals surface area contributed by atoms with Gasteiger partial charge in [0.25, 0.3) is 0 Å². The SMILES string of the molecule is O=CC1COc2c(CCCO)cccc2N1. The third-order valence-electron chi connectivity index (χ3n) is 2.61. The zero-order valence-electron chi connectivity index (χ0n) is 8.98. The van der Waals surface area contributed by atoms with Gasteiger partial charge in [0.2, 0.25) is 0 Å². The number of carbonyl (C=O) groups is 1. The van der Waals surface area contributed by atoms with Gasteiger partial charge in [0.1, 0.15) is 24.7 Å². The lowest BCUT2D eigenvalue weighted by Crippen LogP contribution is -2.32. The summed E-state index contributed by atoms with van der Waals surface area (Å²) in [7, 11) is 0. The van der Waals surface area contributed by atoms with Gasteiger partial charge in [-0.15, -0.1) is 0 Å². The topological polar surface area (TPSA) is 58.6 Å². The highest BCUT2D eigenvalue weighted by molar-refractivity contribution is 5.71. The van der Waals surface area contributed by atoms with Gasteiger partial charge in [-0.1, -0.05) is 12.1 Å². The molecule has 0 spiro atoms. The second kappa shape index (κ2) is 4.99. The van der Waals surface area contributed by atoms with E-state index in [1.807, 2.05) is 18.2 Å². The second-order valence-corrected chi connectivity index (χ2v) is 3.82. The van der Waals surface area contributed by atoms with Crippen LogP contribution in [0.3, 0.4) is 0 Å². The highest BCUT2D eigenvalue weighted by atomic mass is 16.5. The zero-order valence-corrected chi connectivity index (χ0v) is 8.98. The molecule has 0 amide bonds. The summed E-state index contributed by atoms with van der Waals surface area (Å²) < 4.78 is 5.58. The van der Waals surface area contributed by atoms with E-state index in [1.54, 1.807) is 0 Å². The number of aliphatic hydroxyl groups excluding tert-OH is 1. The first-order chi connectivity index (χ1) is 7.85. The standard InChI is InChI=1S/C12H15NO3/c14-6-2-4-9-3-1-5-11-12(9)16-8-10(7-15)13-11/h1,3,5,7,10,13-14H,2,4,6,8H2. The number of aliphatic hydroxyl groups is 1. The molecule has 0 saturated carbocycles. The van der Waals surface area contributed by atoms with Crippen LogP contribution in [0.25, 0.3) is 0 Å². The van der Waals surface area contributed by atoms with Gasteiger partial charge < -0.3 is 20.0 Å². The van der Waals surface area contributed by atoms with E-state index in [2.05, 4.69) is 5.32 Å². The minimum absolute atomic E-state index is 0.175. The quantitative estimate of drug-likeness (QED) is 0.744. The van der Waals surface area contributed by atoms with E-state index >= 15 is 0 Å². The summed E-state index contributed by atoms with van der Waals surface area (Å²) in [4.78, 5) is 10.7. The predicted molar refractivity (Wildman–Crippen MR) is 60.8 cm³/mol. The monoisotopic (exact) mass is 221 g/mol. The number of para-hydroxylation sites is 1. The number of aldehydes is 1. The fourth-order valence-electron chi connectivity index (χ4n) is 1.82. The van der Waals surface area contributed by atoms with Crippen molar-refractivity contribution in [2.24, 2.45) is 0 Å². The molecule has 0 bridgehead atoms. The summed E-state index contributed by atoms with van der Waals surface area (Å²) in [6, 6.07) is 5.54. The van der Waals surface area contributed by atoms with Gasteiger partial charge in [-0.2, -0.15) is 0 Å². The lowest BCUT2D eigenvalue weighted by molar-refractivity contribution is -0.109. The summed E-state index contributed by atoms with van der Waals surface area (Å²) in [5, 5.41) is 11.9. The Kier molecular flexibility index (Phi) is 3.41. The van der Waals surface area contributed by atoms with Crippen LogP contribution in [0, 0.1) is 0 Å². The first kappa shape index (κ1) is 11.0. The number of hydrogen-bond donors (Lipinski definition) is 2. The van der Waals surface area contributed by atoms with Gasteiger partial charge in [0.05, 0.1) is 5.69 Å². The molecule has 0 saturated heterocycles. The van der Waals surface area contributed by atoms with Crippen LogP contribution in [0.5, 0.6) is 5.75 Å². The van der Waals surface area contributed by atoms with Gasteiger partial charge in [-0.05, 0) is 24.5 Å². The number of carbonyl (C=O) groups excluding carboxylic acids is 1. The first-order valence-electron chi connectivity index (χ1n) is 5.42. The van der Waals surface area contributed by atoms with Crippen LogP contribution in [0.2, 0.25) is 0 Å². The van der Waals surface area contributed by atoms with Gasteiger partial charge in [0.15, 0.2) is 0 Å². The molecule has 1 heterocycles. The van der Waals surface area contributed by atoms with Crippen molar-refractivity contribution in [1.82, 2.24) is 0 Å². The predicted octanol–water partition coefficient (Wildman–Crippen LogP) is 0.983. The summed E-state index contributed by atoms with van der Waals surface area (Å²) in [5.41, 5.74) is 1.93. The van der Waals surface area contributed by atoms with Crippen LogP contribution in [0.15, 0.2) is 18.2 Å². The van der Waals surface area contributed by atoms with Crippen molar-refractivity contribution in [3.05, 3.63) is 23.8 Å². The molecule has 4 nitrogen and oxygen atoms in total. The maximum atomic E-state index is 10.7. The Morgan fingerprint density at radius 2 is 2.44 bits per heavy atom. The maximum Gasteiger partial charge on any atom is 0.145 e. The van der Waals surface area contributed by atoms with Crippen LogP contribution in [0.1, 0.15) is 12.0 Å². The number of nitrogens with one attached hydrogen (secondary N) is 1. The Balaban J connectivity index is 2.20. The molecule has 1 aromatic rings. The fourth-order valence-corrected chi connectivity index (χ4v) is 1.82. The molecule has 1 aliphatic rings. The lowest BCUT2D eigenvalue weighted by Gasteiger charge is -2.25. The van der Waals surface area contributed by atoms with Crippen molar-refractivity contribution in [1.29, 1.82) is 0 Å². The lowest BCUT2D eigenvalue weighted by atomic mass is 10.1. The summed E-state index contributed by atoms with van der Waals surface area (Å²) in [6.45, 7) is 0.542. The smallest absolute Gasteiger partial charge is 0.145 e. The molecule has 0 aliphatic carbocycles. The minimum atomic E-state index is -0.263. The van der Waals surface area contributed by atoms with E-state index in [-0.39, 0.29) is 12.6 Å². The van der Waals surface area contributed by atoms with Crippen LogP contribution < -0.4 is 10.1 Å². The molecule has 0 radical (unpaired) electrons. The molecule has 2 rings (SSSR count). The molecule has 1 unspecified atom stereocenters. The van der Waals surface area contributed by atoms with E-state index in [0.29, 0.717) is 6.61 Å². The summed E-state index contributed by atoms with van der Waals surface area (Å²) in [5.74, 6) is 0.814. The normalized spacial score (nSPS) is 18.2. The molecule has 86 valence electrons. The highest BCUT2D eigenvalue weighted by Crippen LogP contribution is 2.32. The number of anilines is 1. The number of rotatable bonds is 4. The first-order valence-corrected chi connectivity index (χ1v) is 5.42. The third-order valence-corrected chi connectivity index (χ3v) is 2.61. The molecule has 0 fully saturated rings. The highest BCUT2D eigenvalue weighted by Gasteiger charge is 2.20. The molecule has 4 heteroatoms. The van der Waals surface area contributed by atoms with Crippen molar-refractivity contribution in [2.45, 2.75) is 18.9 Å². The molecule has 16 heavy (non-hydrogen) atoms. The molecule has 2 N–H and O–H groups in total. The van der Waals surface area contributed by atoms with Crippen LogP contribution in [-0.4, -0.2) is 30.6 Å². The number of aryl methyl sites for hydroxylation is 1. The summed E-state index contributed by atoms with van der Waals surface area (Å²) in [6.07, 6.45) is 2.35. The van der Waals surface area contributed by atoms with Crippen molar-refractivity contribution >= 4 is 12.0 Å². The maximum absolute atomic E-state index is 10.7. The third kappa shape index (κ3) is 2.17. The molecule has 0 aromatic heterocycles. The molecular formula is C12H15NO3. The van der Waals surface area contributed by atoms with Crippen LogP contribution in [-0.2, 0) is 11.2 Å². The van der Waals surface area contributed by atoms with Gasteiger partial charge in [0, 0.05) is 6.61 Å². The molecular weight excluding hydrogens is 206 g/mol. The molecule has 1 aliphatic heterocycles. The van der Waals surface area contributed by atoms with E-state index in [1.165, 1.54) is 0 Å². The number of ether oxygens (including phenoxy) is 1. The van der Waals surface area contributed by atoms with Crippen LogP contribution >= 0.6 is 0 Å². The zero-order chi connectivity index (χ0) is 11.4. The fraction of sp³-hybridized carbons (Fsp3) is 0.417. The average molecular weight is 221 g/mol. The van der Waals surface area contributed by atoms with Crippen molar-refractivity contribution in [3.8, 4) is 5.75 Å². The van der Waals surface area contributed by atoms with E-state index < -0.39 is 0 Å². The average Bonchev–Trinajstić information content (AvgIpc) is 2.35. The van der Waals surface area contributed by atoms with Crippen molar-refractivity contribution in [3.63, 3.8) is 0 Å².